The quantitative estimate of drug-likeness (QED) is 0.870. The predicted octanol–water partition coefficient (Wildman–Crippen LogP) is 2.49. The average Bonchev–Trinajstić information content (AvgIpc) is 2.31. The second-order valence-electron chi connectivity index (χ2n) is 3.67. The van der Waals surface area contributed by atoms with Gasteiger partial charge in [0.2, 0.25) is 0 Å². The maximum atomic E-state index is 11.8. The smallest absolute Gasteiger partial charge is 0.321 e. The topological polar surface area (TPSA) is 52.6 Å². The van der Waals surface area contributed by atoms with Gasteiger partial charge in [-0.05, 0) is 25.5 Å². The van der Waals surface area contributed by atoms with Gasteiger partial charge in [-0.1, -0.05) is 23.7 Å². The van der Waals surface area contributed by atoms with Crippen LogP contribution in [-0.4, -0.2) is 35.7 Å². The molecule has 0 spiro atoms. The number of nitrogens with one attached hydrogen (secondary N) is 1. The summed E-state index contributed by atoms with van der Waals surface area (Å²) in [7, 11) is 0. The fourth-order valence-corrected chi connectivity index (χ4v) is 1.64. The highest BCUT2D eigenvalue weighted by molar-refractivity contribution is 6.34. The summed E-state index contributed by atoms with van der Waals surface area (Å²) in [6.45, 7) is 4.53. The molecule has 0 aliphatic carbocycles. The fourth-order valence-electron chi connectivity index (χ4n) is 1.46. The van der Waals surface area contributed by atoms with Crippen LogP contribution in [0.15, 0.2) is 18.2 Å². The molecule has 0 bridgehead atoms. The van der Waals surface area contributed by atoms with E-state index in [1.54, 1.807) is 6.07 Å². The molecule has 1 aromatic carbocycles. The number of urea groups is 1. The average molecular weight is 257 g/mol. The van der Waals surface area contributed by atoms with Crippen LogP contribution in [-0.2, 0) is 0 Å². The van der Waals surface area contributed by atoms with E-state index in [1.165, 1.54) is 4.90 Å². The molecule has 0 heterocycles. The highest BCUT2D eigenvalue weighted by Crippen LogP contribution is 2.25. The lowest BCUT2D eigenvalue weighted by Gasteiger charge is -2.20. The zero-order chi connectivity index (χ0) is 12.8. The van der Waals surface area contributed by atoms with Crippen molar-refractivity contribution in [1.29, 1.82) is 0 Å². The second-order valence-corrected chi connectivity index (χ2v) is 4.05. The SMILES string of the molecule is CCN(CCO)C(=O)Nc1cccc(C)c1Cl. The number of anilines is 1. The van der Waals surface area contributed by atoms with Gasteiger partial charge in [0.15, 0.2) is 0 Å². The van der Waals surface area contributed by atoms with Crippen molar-refractivity contribution in [3.05, 3.63) is 28.8 Å². The summed E-state index contributed by atoms with van der Waals surface area (Å²) < 4.78 is 0. The summed E-state index contributed by atoms with van der Waals surface area (Å²) in [5, 5.41) is 12.1. The Bertz CT molecular complexity index is 396. The van der Waals surface area contributed by atoms with Gasteiger partial charge < -0.3 is 15.3 Å². The molecule has 0 saturated heterocycles. The molecule has 4 nitrogen and oxygen atoms in total. The molecule has 17 heavy (non-hydrogen) atoms. The van der Waals surface area contributed by atoms with Crippen LogP contribution in [0.4, 0.5) is 10.5 Å². The standard InChI is InChI=1S/C12H17ClN2O2/c1-3-15(7-8-16)12(17)14-10-6-4-5-9(2)11(10)13/h4-6,16H,3,7-8H2,1-2H3,(H,14,17). The van der Waals surface area contributed by atoms with E-state index in [0.29, 0.717) is 23.8 Å². The van der Waals surface area contributed by atoms with E-state index in [4.69, 9.17) is 16.7 Å². The molecule has 0 aliphatic heterocycles. The summed E-state index contributed by atoms with van der Waals surface area (Å²) in [4.78, 5) is 13.4. The lowest BCUT2D eigenvalue weighted by Crippen LogP contribution is -2.36. The summed E-state index contributed by atoms with van der Waals surface area (Å²) >= 11 is 6.08. The van der Waals surface area contributed by atoms with E-state index in [0.717, 1.165) is 5.56 Å². The molecule has 0 saturated carbocycles. The number of carbonyl (C=O) groups is 1. The molecule has 2 N–H and O–H groups in total. The van der Waals surface area contributed by atoms with E-state index >= 15 is 0 Å². The molecular weight excluding hydrogens is 240 g/mol. The number of halogens is 1. The van der Waals surface area contributed by atoms with Crippen molar-refractivity contribution >= 4 is 23.3 Å². The van der Waals surface area contributed by atoms with Gasteiger partial charge in [-0.2, -0.15) is 0 Å². The Morgan fingerprint density at radius 2 is 2.24 bits per heavy atom. The van der Waals surface area contributed by atoms with Crippen molar-refractivity contribution in [3.63, 3.8) is 0 Å². The Morgan fingerprint density at radius 3 is 2.82 bits per heavy atom. The molecule has 0 atom stereocenters. The summed E-state index contributed by atoms with van der Waals surface area (Å²) in [5.74, 6) is 0. The molecule has 0 aliphatic rings. The first-order chi connectivity index (χ1) is 8.10. The number of nitrogens with zero attached hydrogens (tertiary/aromatic N) is 1. The number of aliphatic hydroxyl groups excluding tert-OH is 1. The Hall–Kier alpha value is -1.26. The molecule has 0 unspecified atom stereocenters. The van der Waals surface area contributed by atoms with Gasteiger partial charge in [-0.3, -0.25) is 0 Å². The number of rotatable bonds is 4. The van der Waals surface area contributed by atoms with Crippen LogP contribution in [0.3, 0.4) is 0 Å². The third-order valence-corrected chi connectivity index (χ3v) is 2.97. The third kappa shape index (κ3) is 3.61. The van der Waals surface area contributed by atoms with Crippen LogP contribution in [0.2, 0.25) is 5.02 Å². The van der Waals surface area contributed by atoms with Gasteiger partial charge in [0.1, 0.15) is 0 Å². The van der Waals surface area contributed by atoms with Gasteiger partial charge >= 0.3 is 6.03 Å². The van der Waals surface area contributed by atoms with Crippen LogP contribution >= 0.6 is 11.6 Å². The molecule has 0 aromatic heterocycles. The van der Waals surface area contributed by atoms with Crippen molar-refractivity contribution in [1.82, 2.24) is 4.90 Å². The molecule has 0 fully saturated rings. The Morgan fingerprint density at radius 1 is 1.53 bits per heavy atom. The van der Waals surface area contributed by atoms with Crippen LogP contribution in [0.5, 0.6) is 0 Å². The van der Waals surface area contributed by atoms with Crippen molar-refractivity contribution in [3.8, 4) is 0 Å². The van der Waals surface area contributed by atoms with E-state index in [2.05, 4.69) is 5.32 Å². The first-order valence-electron chi connectivity index (χ1n) is 5.52. The zero-order valence-corrected chi connectivity index (χ0v) is 10.8. The first kappa shape index (κ1) is 13.8. The molecule has 1 aromatic rings. The van der Waals surface area contributed by atoms with Gasteiger partial charge in [-0.25, -0.2) is 4.79 Å². The first-order valence-corrected chi connectivity index (χ1v) is 5.89. The van der Waals surface area contributed by atoms with Crippen LogP contribution in [0.1, 0.15) is 12.5 Å². The van der Waals surface area contributed by atoms with Gasteiger partial charge in [-0.15, -0.1) is 0 Å². The lowest BCUT2D eigenvalue weighted by atomic mass is 10.2. The van der Waals surface area contributed by atoms with Crippen molar-refractivity contribution < 1.29 is 9.90 Å². The zero-order valence-electron chi connectivity index (χ0n) is 10.0. The van der Waals surface area contributed by atoms with E-state index in [1.807, 2.05) is 26.0 Å². The maximum absolute atomic E-state index is 11.8. The van der Waals surface area contributed by atoms with Crippen LogP contribution in [0.25, 0.3) is 0 Å². The number of amides is 2. The second kappa shape index (κ2) is 6.47. The minimum Gasteiger partial charge on any atom is -0.395 e. The highest BCUT2D eigenvalue weighted by Gasteiger charge is 2.12. The Labute approximate surface area is 106 Å². The summed E-state index contributed by atoms with van der Waals surface area (Å²) in [6, 6.07) is 5.21. The number of aryl methyl sites for hydroxylation is 1. The molecule has 1 rings (SSSR count). The van der Waals surface area contributed by atoms with Gasteiger partial charge in [0.05, 0.1) is 17.3 Å². The maximum Gasteiger partial charge on any atom is 0.321 e. The molecule has 94 valence electrons. The number of hydrogen-bond acceptors (Lipinski definition) is 2. The van der Waals surface area contributed by atoms with Gasteiger partial charge in [0.25, 0.3) is 0 Å². The Kier molecular flexibility index (Phi) is 5.25. The van der Waals surface area contributed by atoms with E-state index < -0.39 is 0 Å². The van der Waals surface area contributed by atoms with E-state index in [9.17, 15) is 4.79 Å². The predicted molar refractivity (Wildman–Crippen MR) is 69.5 cm³/mol. The van der Waals surface area contributed by atoms with Crippen molar-refractivity contribution in [2.24, 2.45) is 0 Å². The number of benzene rings is 1. The number of hydrogen-bond donors (Lipinski definition) is 2. The fraction of sp³-hybridized carbons (Fsp3) is 0.417. The third-order valence-electron chi connectivity index (χ3n) is 2.47. The highest BCUT2D eigenvalue weighted by atomic mass is 35.5. The summed E-state index contributed by atoms with van der Waals surface area (Å²) in [5.41, 5.74) is 1.50. The lowest BCUT2D eigenvalue weighted by molar-refractivity contribution is 0.192. The molecular formula is C12H17ClN2O2. The van der Waals surface area contributed by atoms with Crippen molar-refractivity contribution in [2.45, 2.75) is 13.8 Å². The number of carbonyl (C=O) groups excluding carboxylic acids is 1. The molecule has 0 radical (unpaired) electrons. The van der Waals surface area contributed by atoms with Gasteiger partial charge in [0, 0.05) is 13.1 Å². The Balaban J connectivity index is 2.76. The number of likely N-dealkylation sites (N-methyl/N-ethyl adjacent to an activating group) is 1. The molecule has 5 heteroatoms. The minimum atomic E-state index is -0.256. The van der Waals surface area contributed by atoms with Crippen LogP contribution < -0.4 is 5.32 Å². The minimum absolute atomic E-state index is 0.0528. The molecule has 2 amide bonds. The van der Waals surface area contributed by atoms with Crippen LogP contribution in [0, 0.1) is 6.92 Å². The number of aliphatic hydroxyl groups is 1. The monoisotopic (exact) mass is 256 g/mol. The normalized spacial score (nSPS) is 10.1. The summed E-state index contributed by atoms with van der Waals surface area (Å²) in [6.07, 6.45) is 0. The van der Waals surface area contributed by atoms with Crippen molar-refractivity contribution in [2.75, 3.05) is 25.0 Å². The van der Waals surface area contributed by atoms with E-state index in [-0.39, 0.29) is 12.6 Å². The largest absolute Gasteiger partial charge is 0.395 e.